The monoisotopic (exact) mass is 286 g/mol. The van der Waals surface area contributed by atoms with Gasteiger partial charge >= 0.3 is 0 Å². The molecule has 0 unspecified atom stereocenters. The van der Waals surface area contributed by atoms with E-state index >= 15 is 0 Å². The highest BCUT2D eigenvalue weighted by Gasteiger charge is 2.07. The maximum absolute atomic E-state index is 11.9. The first-order valence-corrected chi connectivity index (χ1v) is 5.66. The van der Waals surface area contributed by atoms with E-state index in [1.807, 2.05) is 13.0 Å². The fourth-order valence-corrected chi connectivity index (χ4v) is 2.08. The van der Waals surface area contributed by atoms with Crippen LogP contribution in [0.4, 0.5) is 0 Å². The lowest BCUT2D eigenvalue weighted by Crippen LogP contribution is -2.21. The predicted molar refractivity (Wildman–Crippen MR) is 64.4 cm³/mol. The molecule has 15 heavy (non-hydrogen) atoms. The van der Waals surface area contributed by atoms with E-state index in [4.69, 9.17) is 11.6 Å². The second kappa shape index (κ2) is 3.94. The molecule has 0 aliphatic rings. The summed E-state index contributed by atoms with van der Waals surface area (Å²) < 4.78 is 2.32. The van der Waals surface area contributed by atoms with Crippen molar-refractivity contribution in [2.45, 2.75) is 13.5 Å². The SMILES string of the molecule is CCn1c(Cl)nc2cc(Br)ccc2c1=O. The van der Waals surface area contributed by atoms with Crippen molar-refractivity contribution in [2.24, 2.45) is 0 Å². The third-order valence-corrected chi connectivity index (χ3v) is 2.97. The first-order valence-electron chi connectivity index (χ1n) is 4.49. The molecule has 0 saturated carbocycles. The number of aromatic nitrogens is 2. The van der Waals surface area contributed by atoms with Gasteiger partial charge in [-0.15, -0.1) is 0 Å². The summed E-state index contributed by atoms with van der Waals surface area (Å²) in [7, 11) is 0. The van der Waals surface area contributed by atoms with Crippen LogP contribution in [0.3, 0.4) is 0 Å². The summed E-state index contributed by atoms with van der Waals surface area (Å²) in [6.45, 7) is 2.39. The van der Waals surface area contributed by atoms with E-state index in [-0.39, 0.29) is 10.8 Å². The Morgan fingerprint density at radius 3 is 2.93 bits per heavy atom. The minimum Gasteiger partial charge on any atom is -0.283 e. The van der Waals surface area contributed by atoms with Gasteiger partial charge in [-0.1, -0.05) is 15.9 Å². The Hall–Kier alpha value is -0.870. The number of fused-ring (bicyclic) bond motifs is 1. The van der Waals surface area contributed by atoms with Crippen LogP contribution in [0.25, 0.3) is 10.9 Å². The normalized spacial score (nSPS) is 10.9. The van der Waals surface area contributed by atoms with Gasteiger partial charge in [0.05, 0.1) is 10.9 Å². The summed E-state index contributed by atoms with van der Waals surface area (Å²) in [6, 6.07) is 5.35. The molecule has 2 aromatic rings. The Labute approximate surface area is 99.8 Å². The van der Waals surface area contributed by atoms with Crippen molar-refractivity contribution in [3.05, 3.63) is 38.3 Å². The van der Waals surface area contributed by atoms with Crippen molar-refractivity contribution >= 4 is 38.4 Å². The Kier molecular flexibility index (Phi) is 2.80. The van der Waals surface area contributed by atoms with Gasteiger partial charge in [-0.25, -0.2) is 4.98 Å². The predicted octanol–water partition coefficient (Wildman–Crippen LogP) is 2.83. The molecule has 3 nitrogen and oxygen atoms in total. The molecule has 1 aromatic heterocycles. The molecule has 1 heterocycles. The number of rotatable bonds is 1. The molecule has 0 aliphatic carbocycles. The molecule has 0 aliphatic heterocycles. The largest absolute Gasteiger partial charge is 0.283 e. The van der Waals surface area contributed by atoms with Gasteiger partial charge in [-0.3, -0.25) is 9.36 Å². The molecular weight excluding hydrogens is 279 g/mol. The molecule has 78 valence electrons. The van der Waals surface area contributed by atoms with Gasteiger partial charge in [0.25, 0.3) is 5.56 Å². The van der Waals surface area contributed by atoms with Crippen molar-refractivity contribution in [1.29, 1.82) is 0 Å². The van der Waals surface area contributed by atoms with E-state index in [0.717, 1.165) is 4.47 Å². The van der Waals surface area contributed by atoms with E-state index in [1.54, 1.807) is 12.1 Å². The van der Waals surface area contributed by atoms with Gasteiger partial charge in [0.15, 0.2) is 0 Å². The third kappa shape index (κ3) is 1.79. The highest BCUT2D eigenvalue weighted by atomic mass is 79.9. The summed E-state index contributed by atoms with van der Waals surface area (Å²) >= 11 is 9.22. The Balaban J connectivity index is 2.91. The molecule has 5 heteroatoms. The lowest BCUT2D eigenvalue weighted by molar-refractivity contribution is 0.719. The van der Waals surface area contributed by atoms with E-state index in [9.17, 15) is 4.79 Å². The minimum atomic E-state index is -0.0972. The zero-order valence-corrected chi connectivity index (χ0v) is 10.3. The number of nitrogens with zero attached hydrogens (tertiary/aromatic N) is 2. The van der Waals surface area contributed by atoms with Crippen LogP contribution in [0.2, 0.25) is 5.28 Å². The van der Waals surface area contributed by atoms with Crippen LogP contribution >= 0.6 is 27.5 Å². The Morgan fingerprint density at radius 1 is 1.53 bits per heavy atom. The average molecular weight is 288 g/mol. The maximum atomic E-state index is 11.9. The van der Waals surface area contributed by atoms with Gasteiger partial charge in [0.2, 0.25) is 5.28 Å². The summed E-state index contributed by atoms with van der Waals surface area (Å²) in [4.78, 5) is 16.1. The molecule has 0 radical (unpaired) electrons. The second-order valence-electron chi connectivity index (χ2n) is 3.09. The van der Waals surface area contributed by atoms with Crippen LogP contribution in [0.1, 0.15) is 6.92 Å². The summed E-state index contributed by atoms with van der Waals surface area (Å²) in [5.74, 6) is 0. The molecule has 0 fully saturated rings. The standard InChI is InChI=1S/C10H8BrClN2O/c1-2-14-9(15)7-4-3-6(11)5-8(7)13-10(14)12/h3-5H,2H2,1H3. The lowest BCUT2D eigenvalue weighted by Gasteiger charge is -2.06. The van der Waals surface area contributed by atoms with Crippen molar-refractivity contribution in [1.82, 2.24) is 9.55 Å². The van der Waals surface area contributed by atoms with Crippen LogP contribution in [-0.2, 0) is 6.54 Å². The fourth-order valence-electron chi connectivity index (χ4n) is 1.44. The summed E-state index contributed by atoms with van der Waals surface area (Å²) in [6.07, 6.45) is 0. The van der Waals surface area contributed by atoms with Crippen LogP contribution in [0.5, 0.6) is 0 Å². The summed E-state index contributed by atoms with van der Waals surface area (Å²) in [5.41, 5.74) is 0.518. The molecular formula is C10H8BrClN2O. The first kappa shape index (κ1) is 10.6. The molecule has 1 aromatic carbocycles. The van der Waals surface area contributed by atoms with Crippen LogP contribution < -0.4 is 5.56 Å². The Morgan fingerprint density at radius 2 is 2.27 bits per heavy atom. The zero-order chi connectivity index (χ0) is 11.0. The van der Waals surface area contributed by atoms with Gasteiger partial charge in [-0.05, 0) is 36.7 Å². The molecule has 2 rings (SSSR count). The fraction of sp³-hybridized carbons (Fsp3) is 0.200. The zero-order valence-electron chi connectivity index (χ0n) is 8.00. The second-order valence-corrected chi connectivity index (χ2v) is 4.35. The number of hydrogen-bond acceptors (Lipinski definition) is 2. The van der Waals surface area contributed by atoms with Crippen molar-refractivity contribution in [2.75, 3.05) is 0 Å². The maximum Gasteiger partial charge on any atom is 0.262 e. The quantitative estimate of drug-likeness (QED) is 0.756. The first-order chi connectivity index (χ1) is 7.13. The topological polar surface area (TPSA) is 34.9 Å². The molecule has 0 N–H and O–H groups in total. The highest BCUT2D eigenvalue weighted by Crippen LogP contribution is 2.17. The van der Waals surface area contributed by atoms with E-state index in [0.29, 0.717) is 17.4 Å². The summed E-state index contributed by atoms with van der Waals surface area (Å²) in [5, 5.41) is 0.817. The number of hydrogen-bond donors (Lipinski definition) is 0. The van der Waals surface area contributed by atoms with Gasteiger partial charge < -0.3 is 0 Å². The van der Waals surface area contributed by atoms with Crippen molar-refractivity contribution < 1.29 is 0 Å². The van der Waals surface area contributed by atoms with E-state index in [1.165, 1.54) is 4.57 Å². The van der Waals surface area contributed by atoms with Crippen LogP contribution in [0.15, 0.2) is 27.5 Å². The van der Waals surface area contributed by atoms with Crippen molar-refractivity contribution in [3.8, 4) is 0 Å². The number of benzene rings is 1. The van der Waals surface area contributed by atoms with E-state index < -0.39 is 0 Å². The third-order valence-electron chi connectivity index (χ3n) is 2.19. The average Bonchev–Trinajstić information content (AvgIpc) is 2.17. The molecule has 0 atom stereocenters. The lowest BCUT2D eigenvalue weighted by atomic mass is 10.2. The smallest absolute Gasteiger partial charge is 0.262 e. The molecule has 0 bridgehead atoms. The van der Waals surface area contributed by atoms with Crippen LogP contribution in [-0.4, -0.2) is 9.55 Å². The highest BCUT2D eigenvalue weighted by molar-refractivity contribution is 9.10. The number of halogens is 2. The molecule has 0 spiro atoms. The van der Waals surface area contributed by atoms with E-state index in [2.05, 4.69) is 20.9 Å². The van der Waals surface area contributed by atoms with Crippen LogP contribution in [0, 0.1) is 0 Å². The Bertz CT molecular complexity index is 579. The minimum absolute atomic E-state index is 0.0972. The van der Waals surface area contributed by atoms with Crippen molar-refractivity contribution in [3.63, 3.8) is 0 Å². The van der Waals surface area contributed by atoms with Gasteiger partial charge in [-0.2, -0.15) is 0 Å². The molecule has 0 amide bonds. The van der Waals surface area contributed by atoms with Gasteiger partial charge in [0.1, 0.15) is 0 Å². The molecule has 0 saturated heterocycles. The van der Waals surface area contributed by atoms with Gasteiger partial charge in [0, 0.05) is 11.0 Å².